The number of primary sulfonamides is 1. The van der Waals surface area contributed by atoms with E-state index in [0.29, 0.717) is 5.69 Å². The highest BCUT2D eigenvalue weighted by atomic mass is 32.2. The van der Waals surface area contributed by atoms with Crippen LogP contribution in [0.3, 0.4) is 0 Å². The molecule has 0 unspecified atom stereocenters. The maximum absolute atomic E-state index is 12.4. The predicted molar refractivity (Wildman–Crippen MR) is 113 cm³/mol. The lowest BCUT2D eigenvalue weighted by atomic mass is 10.1. The summed E-state index contributed by atoms with van der Waals surface area (Å²) in [5, 5.41) is 9.84. The van der Waals surface area contributed by atoms with Crippen molar-refractivity contribution in [3.05, 3.63) is 59.2 Å². The summed E-state index contributed by atoms with van der Waals surface area (Å²) in [7, 11) is -3.85. The summed E-state index contributed by atoms with van der Waals surface area (Å²) >= 11 is 1.33. The lowest BCUT2D eigenvalue weighted by Crippen LogP contribution is -2.17. The fraction of sp³-hybridized carbons (Fsp3) is 0.200. The highest BCUT2D eigenvalue weighted by Gasteiger charge is 2.14. The number of aryl methyl sites for hydroxylation is 2. The molecule has 0 bridgehead atoms. The highest BCUT2D eigenvalue weighted by molar-refractivity contribution is 7.99. The minimum Gasteiger partial charge on any atom is -0.325 e. The molecular weight excluding hydrogens is 394 g/mol. The molecule has 0 saturated heterocycles. The molecule has 8 heteroatoms. The van der Waals surface area contributed by atoms with Crippen molar-refractivity contribution in [1.82, 2.24) is 4.98 Å². The Morgan fingerprint density at radius 3 is 2.54 bits per heavy atom. The Labute approximate surface area is 168 Å². The Balaban J connectivity index is 1.76. The van der Waals surface area contributed by atoms with Gasteiger partial charge in [-0.2, -0.15) is 0 Å². The number of thioether (sulfide) groups is 1. The van der Waals surface area contributed by atoms with E-state index in [1.165, 1.54) is 23.9 Å². The average Bonchev–Trinajstić information content (AvgIpc) is 2.63. The van der Waals surface area contributed by atoms with E-state index >= 15 is 0 Å². The number of nitrogens with zero attached hydrogens (tertiary/aromatic N) is 1. The zero-order valence-electron chi connectivity index (χ0n) is 15.8. The van der Waals surface area contributed by atoms with Crippen molar-refractivity contribution in [3.8, 4) is 0 Å². The molecule has 2 aromatic carbocycles. The van der Waals surface area contributed by atoms with E-state index in [1.54, 1.807) is 6.92 Å². The largest absolute Gasteiger partial charge is 0.325 e. The number of para-hydroxylation sites is 1. The number of hydrogen-bond acceptors (Lipinski definition) is 5. The standard InChI is InChI=1S/C20H21N3O3S2/c1-12-8-15(28(21,25)26)10-18(14(12)3)22-19(24)11-27-20-9-13(2)16-6-4-5-7-17(16)23-20/h4-10H,11H2,1-3H3,(H,22,24)(H2,21,25,26). The third kappa shape index (κ3) is 4.52. The van der Waals surface area contributed by atoms with Crippen molar-refractivity contribution in [2.24, 2.45) is 5.14 Å². The number of amides is 1. The Morgan fingerprint density at radius 1 is 1.11 bits per heavy atom. The van der Waals surface area contributed by atoms with Crippen LogP contribution < -0.4 is 10.5 Å². The van der Waals surface area contributed by atoms with Crippen LogP contribution >= 0.6 is 11.8 Å². The fourth-order valence-electron chi connectivity index (χ4n) is 2.84. The molecule has 6 nitrogen and oxygen atoms in total. The maximum Gasteiger partial charge on any atom is 0.238 e. The molecule has 146 valence electrons. The second-order valence-corrected chi connectivity index (χ2v) is 9.15. The molecule has 0 atom stereocenters. The van der Waals surface area contributed by atoms with Gasteiger partial charge < -0.3 is 5.32 Å². The molecule has 3 N–H and O–H groups in total. The quantitative estimate of drug-likeness (QED) is 0.621. The summed E-state index contributed by atoms with van der Waals surface area (Å²) in [4.78, 5) is 17.0. The molecule has 0 aliphatic carbocycles. The molecule has 0 saturated carbocycles. The molecule has 1 heterocycles. The average molecular weight is 416 g/mol. The summed E-state index contributed by atoms with van der Waals surface area (Å²) in [6, 6.07) is 12.7. The van der Waals surface area contributed by atoms with Crippen molar-refractivity contribution in [1.29, 1.82) is 0 Å². The second kappa shape index (κ2) is 7.90. The predicted octanol–water partition coefficient (Wildman–Crippen LogP) is 3.54. The number of pyridine rings is 1. The molecular formula is C20H21N3O3S2. The summed E-state index contributed by atoms with van der Waals surface area (Å²) in [6.45, 7) is 5.61. The number of carbonyl (C=O) groups excluding carboxylic acids is 1. The fourth-order valence-corrected chi connectivity index (χ4v) is 4.24. The Morgan fingerprint density at radius 2 is 1.82 bits per heavy atom. The first kappa shape index (κ1) is 20.3. The highest BCUT2D eigenvalue weighted by Crippen LogP contribution is 2.26. The van der Waals surface area contributed by atoms with Crippen LogP contribution in [-0.4, -0.2) is 25.1 Å². The van der Waals surface area contributed by atoms with Gasteiger partial charge in [-0.25, -0.2) is 18.5 Å². The number of carbonyl (C=O) groups is 1. The zero-order valence-corrected chi connectivity index (χ0v) is 17.4. The number of nitrogens with one attached hydrogen (secondary N) is 1. The van der Waals surface area contributed by atoms with Gasteiger partial charge in [0, 0.05) is 11.1 Å². The van der Waals surface area contributed by atoms with Crippen molar-refractivity contribution in [2.75, 3.05) is 11.1 Å². The summed E-state index contributed by atoms with van der Waals surface area (Å²) in [5.74, 6) is -0.0882. The zero-order chi connectivity index (χ0) is 20.5. The number of fused-ring (bicyclic) bond motifs is 1. The molecule has 0 aliphatic rings. The number of benzene rings is 2. The molecule has 0 spiro atoms. The first-order valence-electron chi connectivity index (χ1n) is 8.58. The number of sulfonamides is 1. The number of aromatic nitrogens is 1. The minimum absolute atomic E-state index is 0.0228. The van der Waals surface area contributed by atoms with Crippen LogP contribution in [-0.2, 0) is 14.8 Å². The van der Waals surface area contributed by atoms with Crippen molar-refractivity contribution in [3.63, 3.8) is 0 Å². The topological polar surface area (TPSA) is 102 Å². The molecule has 28 heavy (non-hydrogen) atoms. The lowest BCUT2D eigenvalue weighted by molar-refractivity contribution is -0.113. The van der Waals surface area contributed by atoms with E-state index in [2.05, 4.69) is 10.3 Å². The van der Waals surface area contributed by atoms with Crippen LogP contribution in [0.15, 0.2) is 52.4 Å². The van der Waals surface area contributed by atoms with Gasteiger partial charge in [-0.15, -0.1) is 0 Å². The van der Waals surface area contributed by atoms with Gasteiger partial charge in [-0.1, -0.05) is 30.0 Å². The van der Waals surface area contributed by atoms with E-state index in [0.717, 1.165) is 32.6 Å². The molecule has 3 aromatic rings. The Kier molecular flexibility index (Phi) is 5.74. The van der Waals surface area contributed by atoms with Crippen molar-refractivity contribution in [2.45, 2.75) is 30.7 Å². The maximum atomic E-state index is 12.4. The van der Waals surface area contributed by atoms with Crippen LogP contribution in [0.1, 0.15) is 16.7 Å². The SMILES string of the molecule is Cc1cc(S(N)(=O)=O)cc(NC(=O)CSc2cc(C)c3ccccc3n2)c1C. The Hall–Kier alpha value is -2.42. The van der Waals surface area contributed by atoms with Crippen LogP contribution in [0, 0.1) is 20.8 Å². The molecule has 0 aliphatic heterocycles. The first-order chi connectivity index (χ1) is 13.1. The van der Waals surface area contributed by atoms with Crippen LogP contribution in [0.4, 0.5) is 5.69 Å². The van der Waals surface area contributed by atoms with Gasteiger partial charge in [-0.3, -0.25) is 4.79 Å². The van der Waals surface area contributed by atoms with E-state index in [-0.39, 0.29) is 16.6 Å². The summed E-state index contributed by atoms with van der Waals surface area (Å²) in [5.41, 5.74) is 3.96. The minimum atomic E-state index is -3.85. The number of rotatable bonds is 5. The van der Waals surface area contributed by atoms with E-state index in [4.69, 9.17) is 5.14 Å². The van der Waals surface area contributed by atoms with Crippen molar-refractivity contribution < 1.29 is 13.2 Å². The summed E-state index contributed by atoms with van der Waals surface area (Å²) < 4.78 is 23.3. The van der Waals surface area contributed by atoms with Gasteiger partial charge in [0.25, 0.3) is 0 Å². The van der Waals surface area contributed by atoms with Crippen LogP contribution in [0.5, 0.6) is 0 Å². The lowest BCUT2D eigenvalue weighted by Gasteiger charge is -2.13. The van der Waals surface area contributed by atoms with Gasteiger partial charge >= 0.3 is 0 Å². The van der Waals surface area contributed by atoms with Crippen LogP contribution in [0.25, 0.3) is 10.9 Å². The van der Waals surface area contributed by atoms with Gasteiger partial charge in [-0.05, 0) is 61.7 Å². The molecule has 0 radical (unpaired) electrons. The first-order valence-corrected chi connectivity index (χ1v) is 11.1. The Bertz CT molecular complexity index is 1170. The third-order valence-corrected chi connectivity index (χ3v) is 6.30. The van der Waals surface area contributed by atoms with Gasteiger partial charge in [0.15, 0.2) is 0 Å². The normalized spacial score (nSPS) is 11.6. The third-order valence-electron chi connectivity index (χ3n) is 4.49. The number of hydrogen-bond donors (Lipinski definition) is 2. The molecule has 1 amide bonds. The smallest absolute Gasteiger partial charge is 0.238 e. The van der Waals surface area contributed by atoms with Crippen LogP contribution in [0.2, 0.25) is 0 Å². The second-order valence-electron chi connectivity index (χ2n) is 6.59. The number of nitrogens with two attached hydrogens (primary N) is 1. The van der Waals surface area contributed by atoms with Gasteiger partial charge in [0.1, 0.15) is 0 Å². The van der Waals surface area contributed by atoms with E-state index < -0.39 is 10.0 Å². The molecule has 0 fully saturated rings. The monoisotopic (exact) mass is 415 g/mol. The van der Waals surface area contributed by atoms with Gasteiger partial charge in [0.2, 0.25) is 15.9 Å². The van der Waals surface area contributed by atoms with E-state index in [1.807, 2.05) is 44.2 Å². The molecule has 3 rings (SSSR count). The molecule has 1 aromatic heterocycles. The van der Waals surface area contributed by atoms with Crippen molar-refractivity contribution >= 4 is 44.3 Å². The van der Waals surface area contributed by atoms with Gasteiger partial charge in [0.05, 0.1) is 21.2 Å². The summed E-state index contributed by atoms with van der Waals surface area (Å²) in [6.07, 6.45) is 0. The number of anilines is 1. The van der Waals surface area contributed by atoms with E-state index in [9.17, 15) is 13.2 Å².